The van der Waals surface area contributed by atoms with E-state index in [4.69, 9.17) is 0 Å². The van der Waals surface area contributed by atoms with Crippen LogP contribution in [0.4, 0.5) is 4.79 Å². The fourth-order valence-electron chi connectivity index (χ4n) is 2.75. The Labute approximate surface area is 146 Å². The maximum atomic E-state index is 12.7. The number of amides is 2. The number of carbonyl (C=O) groups excluding carboxylic acids is 1. The Morgan fingerprint density at radius 3 is 2.74 bits per heavy atom. The highest BCUT2D eigenvalue weighted by Gasteiger charge is 2.28. The first-order valence-corrected chi connectivity index (χ1v) is 9.90. The van der Waals surface area contributed by atoms with Gasteiger partial charge in [0, 0.05) is 22.9 Å². The van der Waals surface area contributed by atoms with Crippen LogP contribution in [0.3, 0.4) is 0 Å². The predicted molar refractivity (Wildman–Crippen MR) is 99.2 cm³/mol. The third-order valence-corrected chi connectivity index (χ3v) is 6.27. The average Bonchev–Trinajstić information content (AvgIpc) is 2.98. The first-order chi connectivity index (χ1) is 11.1. The second-order valence-electron chi connectivity index (χ2n) is 5.88. The molecule has 1 unspecified atom stereocenters. The molecule has 0 bridgehead atoms. The molecule has 2 aromatic rings. The Morgan fingerprint density at radius 2 is 2.04 bits per heavy atom. The van der Waals surface area contributed by atoms with E-state index in [1.165, 1.54) is 21.6 Å². The van der Waals surface area contributed by atoms with Crippen LogP contribution in [0.5, 0.6) is 0 Å². The number of hydrogen-bond acceptors (Lipinski definition) is 3. The van der Waals surface area contributed by atoms with Gasteiger partial charge in [-0.2, -0.15) is 11.8 Å². The number of aryl methyl sites for hydroxylation is 2. The summed E-state index contributed by atoms with van der Waals surface area (Å²) in [6.45, 7) is 5.60. The molecule has 5 heteroatoms. The summed E-state index contributed by atoms with van der Waals surface area (Å²) in [7, 11) is 0. The van der Waals surface area contributed by atoms with E-state index in [0.717, 1.165) is 18.1 Å². The number of urea groups is 1. The fraction of sp³-hybridized carbons (Fsp3) is 0.389. The Morgan fingerprint density at radius 1 is 1.26 bits per heavy atom. The number of benzene rings is 1. The molecule has 1 aromatic heterocycles. The molecule has 1 saturated heterocycles. The molecule has 23 heavy (non-hydrogen) atoms. The van der Waals surface area contributed by atoms with Crippen molar-refractivity contribution >= 4 is 29.1 Å². The zero-order valence-corrected chi connectivity index (χ0v) is 15.2. The lowest BCUT2D eigenvalue weighted by Gasteiger charge is -2.35. The fourth-order valence-corrected chi connectivity index (χ4v) is 4.69. The number of thioether (sulfide) groups is 1. The summed E-state index contributed by atoms with van der Waals surface area (Å²) >= 11 is 3.62. The van der Waals surface area contributed by atoms with Crippen LogP contribution >= 0.6 is 23.1 Å². The van der Waals surface area contributed by atoms with E-state index in [9.17, 15) is 4.79 Å². The molecular formula is C18H22N2OS2. The molecule has 1 aliphatic heterocycles. The summed E-state index contributed by atoms with van der Waals surface area (Å²) in [4.78, 5) is 15.9. The molecule has 0 radical (unpaired) electrons. The summed E-state index contributed by atoms with van der Waals surface area (Å²) in [6.07, 6.45) is 0. The molecule has 3 nitrogen and oxygen atoms in total. The first-order valence-electron chi connectivity index (χ1n) is 7.87. The molecule has 3 rings (SSSR count). The van der Waals surface area contributed by atoms with Crippen LogP contribution in [0.1, 0.15) is 27.6 Å². The van der Waals surface area contributed by atoms with Crippen LogP contribution < -0.4 is 5.32 Å². The van der Waals surface area contributed by atoms with E-state index >= 15 is 0 Å². The van der Waals surface area contributed by atoms with Crippen molar-refractivity contribution in [1.29, 1.82) is 0 Å². The Bertz CT molecular complexity index is 666. The zero-order chi connectivity index (χ0) is 16.2. The van der Waals surface area contributed by atoms with E-state index in [2.05, 4.69) is 54.9 Å². The van der Waals surface area contributed by atoms with Gasteiger partial charge >= 0.3 is 6.03 Å². The highest BCUT2D eigenvalue weighted by atomic mass is 32.2. The van der Waals surface area contributed by atoms with Gasteiger partial charge in [-0.25, -0.2) is 4.79 Å². The molecule has 1 fully saturated rings. The summed E-state index contributed by atoms with van der Waals surface area (Å²) < 4.78 is 0. The van der Waals surface area contributed by atoms with Crippen LogP contribution in [0.15, 0.2) is 35.7 Å². The quantitative estimate of drug-likeness (QED) is 0.895. The third-order valence-electron chi connectivity index (χ3n) is 4.22. The number of thiophene rings is 1. The van der Waals surface area contributed by atoms with Gasteiger partial charge in [0.2, 0.25) is 0 Å². The van der Waals surface area contributed by atoms with E-state index in [-0.39, 0.29) is 12.1 Å². The van der Waals surface area contributed by atoms with Crippen molar-refractivity contribution in [2.75, 3.05) is 18.1 Å². The highest BCUT2D eigenvalue weighted by Crippen LogP contribution is 2.29. The van der Waals surface area contributed by atoms with Crippen molar-refractivity contribution in [3.63, 3.8) is 0 Å². The number of nitrogens with zero attached hydrogens (tertiary/aromatic N) is 1. The molecule has 0 spiro atoms. The monoisotopic (exact) mass is 346 g/mol. The Balaban J connectivity index is 1.69. The second kappa shape index (κ2) is 7.41. The van der Waals surface area contributed by atoms with Gasteiger partial charge < -0.3 is 10.2 Å². The average molecular weight is 347 g/mol. The first kappa shape index (κ1) is 16.4. The molecule has 1 aromatic carbocycles. The van der Waals surface area contributed by atoms with Gasteiger partial charge in [0.1, 0.15) is 0 Å². The van der Waals surface area contributed by atoms with Crippen LogP contribution in [0, 0.1) is 13.8 Å². The van der Waals surface area contributed by atoms with Crippen LogP contribution in [0.2, 0.25) is 0 Å². The largest absolute Gasteiger partial charge is 0.333 e. The van der Waals surface area contributed by atoms with Crippen molar-refractivity contribution in [3.05, 3.63) is 57.3 Å². The molecular weight excluding hydrogens is 324 g/mol. The van der Waals surface area contributed by atoms with Gasteiger partial charge in [-0.1, -0.05) is 29.8 Å². The topological polar surface area (TPSA) is 32.3 Å². The SMILES string of the molecule is Cc1ccc(C2CSCCN2C(=O)NCc2sccc2C)cc1. The lowest BCUT2D eigenvalue weighted by atomic mass is 10.1. The van der Waals surface area contributed by atoms with Crippen molar-refractivity contribution < 1.29 is 4.79 Å². The van der Waals surface area contributed by atoms with Gasteiger partial charge in [-0.05, 0) is 36.4 Å². The van der Waals surface area contributed by atoms with Crippen LogP contribution in [-0.4, -0.2) is 29.0 Å². The van der Waals surface area contributed by atoms with Gasteiger partial charge in [0.15, 0.2) is 0 Å². The van der Waals surface area contributed by atoms with E-state index in [1.54, 1.807) is 11.3 Å². The summed E-state index contributed by atoms with van der Waals surface area (Å²) in [6, 6.07) is 10.9. The normalized spacial score (nSPS) is 18.0. The number of carbonyl (C=O) groups is 1. The minimum atomic E-state index is 0.0451. The maximum Gasteiger partial charge on any atom is 0.318 e. The van der Waals surface area contributed by atoms with Crippen LogP contribution in [-0.2, 0) is 6.54 Å². The predicted octanol–water partition coefficient (Wildman–Crippen LogP) is 4.36. The van der Waals surface area contributed by atoms with E-state index in [1.807, 2.05) is 16.7 Å². The third kappa shape index (κ3) is 3.90. The summed E-state index contributed by atoms with van der Waals surface area (Å²) in [5.74, 6) is 1.97. The Kier molecular flexibility index (Phi) is 5.28. The number of rotatable bonds is 3. The molecule has 1 atom stereocenters. The van der Waals surface area contributed by atoms with Crippen molar-refractivity contribution in [2.45, 2.75) is 26.4 Å². The molecule has 0 saturated carbocycles. The number of hydrogen-bond donors (Lipinski definition) is 1. The number of nitrogens with one attached hydrogen (secondary N) is 1. The molecule has 122 valence electrons. The second-order valence-corrected chi connectivity index (χ2v) is 8.03. The Hall–Kier alpha value is -1.46. The van der Waals surface area contributed by atoms with Gasteiger partial charge in [0.05, 0.1) is 12.6 Å². The molecule has 1 aliphatic rings. The molecule has 1 N–H and O–H groups in total. The summed E-state index contributed by atoms with van der Waals surface area (Å²) in [5.41, 5.74) is 3.73. The van der Waals surface area contributed by atoms with Crippen molar-refractivity contribution in [1.82, 2.24) is 10.2 Å². The zero-order valence-electron chi connectivity index (χ0n) is 13.5. The van der Waals surface area contributed by atoms with Crippen molar-refractivity contribution in [2.24, 2.45) is 0 Å². The molecule has 2 amide bonds. The van der Waals surface area contributed by atoms with Crippen molar-refractivity contribution in [3.8, 4) is 0 Å². The van der Waals surface area contributed by atoms with Gasteiger partial charge in [0.25, 0.3) is 0 Å². The summed E-state index contributed by atoms with van der Waals surface area (Å²) in [5, 5.41) is 5.17. The lowest BCUT2D eigenvalue weighted by Crippen LogP contribution is -2.46. The standard InChI is InChI=1S/C18H22N2OS2/c1-13-3-5-15(6-4-13)16-12-22-10-8-20(16)18(21)19-11-17-14(2)7-9-23-17/h3-7,9,16H,8,10-12H2,1-2H3,(H,19,21). The molecule has 2 heterocycles. The van der Waals surface area contributed by atoms with E-state index < -0.39 is 0 Å². The maximum absolute atomic E-state index is 12.7. The smallest absolute Gasteiger partial charge is 0.318 e. The highest BCUT2D eigenvalue weighted by molar-refractivity contribution is 7.99. The lowest BCUT2D eigenvalue weighted by molar-refractivity contribution is 0.182. The minimum absolute atomic E-state index is 0.0451. The van der Waals surface area contributed by atoms with E-state index in [0.29, 0.717) is 6.54 Å². The van der Waals surface area contributed by atoms with Gasteiger partial charge in [-0.15, -0.1) is 11.3 Å². The minimum Gasteiger partial charge on any atom is -0.333 e. The molecule has 0 aliphatic carbocycles. The van der Waals surface area contributed by atoms with Crippen LogP contribution in [0.25, 0.3) is 0 Å². The van der Waals surface area contributed by atoms with Gasteiger partial charge in [-0.3, -0.25) is 0 Å².